The second kappa shape index (κ2) is 14.4. The third-order valence-corrected chi connectivity index (χ3v) is 8.68. The van der Waals surface area contributed by atoms with Crippen molar-refractivity contribution in [3.8, 4) is 5.75 Å². The minimum atomic E-state index is -3.68. The number of anilines is 1. The summed E-state index contributed by atoms with van der Waals surface area (Å²) in [5, 5.41) is 0.579. The van der Waals surface area contributed by atoms with Gasteiger partial charge in [-0.15, -0.1) is 12.4 Å². The lowest BCUT2D eigenvalue weighted by atomic mass is 10.2. The van der Waals surface area contributed by atoms with E-state index in [1.807, 2.05) is 71.8 Å². The van der Waals surface area contributed by atoms with Crippen molar-refractivity contribution >= 4 is 55.0 Å². The summed E-state index contributed by atoms with van der Waals surface area (Å²) in [5.41, 5.74) is 1.14. The average molecular weight is 597 g/mol. The highest BCUT2D eigenvalue weighted by Crippen LogP contribution is 2.35. The van der Waals surface area contributed by atoms with Crippen molar-refractivity contribution in [3.05, 3.63) is 48.0 Å². The van der Waals surface area contributed by atoms with Crippen LogP contribution in [0.15, 0.2) is 47.4 Å². The van der Waals surface area contributed by atoms with Crippen LogP contribution in [0.3, 0.4) is 0 Å². The molecule has 8 nitrogen and oxygen atoms in total. The van der Waals surface area contributed by atoms with Crippen molar-refractivity contribution in [2.75, 3.05) is 51.8 Å². The summed E-state index contributed by atoms with van der Waals surface area (Å²) in [4.78, 5) is 22.3. The number of carbonyl (C=O) groups excluding carboxylic acids is 1. The number of hydrogen-bond acceptors (Lipinski definition) is 7. The molecule has 0 aliphatic rings. The molecule has 3 aromatic rings. The summed E-state index contributed by atoms with van der Waals surface area (Å²) in [6, 6.07) is 12.0. The van der Waals surface area contributed by atoms with Crippen LogP contribution in [0, 0.1) is 11.8 Å². The molecular weight excluding hydrogens is 556 g/mol. The Morgan fingerprint density at radius 2 is 1.59 bits per heavy atom. The number of nitrogens with zero attached hydrogens (tertiary/aromatic N) is 4. The lowest BCUT2D eigenvalue weighted by molar-refractivity contribution is 0.0985. The van der Waals surface area contributed by atoms with E-state index in [2.05, 4.69) is 0 Å². The first-order valence-corrected chi connectivity index (χ1v) is 15.3. The predicted octanol–water partition coefficient (Wildman–Crippen LogP) is 5.63. The largest absolute Gasteiger partial charge is 0.492 e. The van der Waals surface area contributed by atoms with Crippen LogP contribution in [0.5, 0.6) is 5.75 Å². The molecule has 0 N–H and O–H groups in total. The summed E-state index contributed by atoms with van der Waals surface area (Å²) >= 11 is 1.44. The number of ether oxygens (including phenoxy) is 1. The molecule has 1 amide bonds. The number of fused-ring (bicyclic) bond motifs is 1. The topological polar surface area (TPSA) is 83.0 Å². The van der Waals surface area contributed by atoms with E-state index in [4.69, 9.17) is 9.72 Å². The number of amides is 1. The van der Waals surface area contributed by atoms with Gasteiger partial charge in [-0.2, -0.15) is 4.31 Å². The lowest BCUT2D eigenvalue weighted by Crippen LogP contribution is -2.37. The SMILES string of the molecule is CCOc1cccc2sc(N(CCN(C)C)C(=O)c3ccc(S(=O)(=O)N(CC(C)C)CC(C)C)cc3)nc12.Cl. The number of benzene rings is 2. The van der Waals surface area contributed by atoms with Crippen molar-refractivity contribution in [1.29, 1.82) is 0 Å². The lowest BCUT2D eigenvalue weighted by Gasteiger charge is -2.26. The molecule has 0 radical (unpaired) electrons. The smallest absolute Gasteiger partial charge is 0.260 e. The van der Waals surface area contributed by atoms with Gasteiger partial charge in [-0.05, 0) is 69.3 Å². The second-order valence-corrected chi connectivity index (χ2v) is 13.4. The Bertz CT molecular complexity index is 1320. The number of hydrogen-bond donors (Lipinski definition) is 0. The summed E-state index contributed by atoms with van der Waals surface area (Å²) in [7, 11) is 0.227. The second-order valence-electron chi connectivity index (χ2n) is 10.4. The molecule has 0 saturated heterocycles. The number of thiazole rings is 1. The minimum Gasteiger partial charge on any atom is -0.492 e. The number of sulfonamides is 1. The fourth-order valence-electron chi connectivity index (χ4n) is 4.04. The van der Waals surface area contributed by atoms with Gasteiger partial charge in [-0.1, -0.05) is 45.1 Å². The first-order valence-electron chi connectivity index (χ1n) is 13.0. The predicted molar refractivity (Wildman–Crippen MR) is 163 cm³/mol. The van der Waals surface area contributed by atoms with E-state index in [1.165, 1.54) is 23.5 Å². The molecule has 0 aliphatic carbocycles. The van der Waals surface area contributed by atoms with Gasteiger partial charge in [-0.3, -0.25) is 9.69 Å². The Kier molecular flexibility index (Phi) is 12.2. The van der Waals surface area contributed by atoms with Crippen LogP contribution in [-0.2, 0) is 10.0 Å². The van der Waals surface area contributed by atoms with Gasteiger partial charge in [0.25, 0.3) is 5.91 Å². The van der Waals surface area contributed by atoms with Crippen LogP contribution >= 0.6 is 23.7 Å². The highest BCUT2D eigenvalue weighted by molar-refractivity contribution is 7.89. The first-order chi connectivity index (χ1) is 17.9. The molecule has 0 unspecified atom stereocenters. The molecule has 0 saturated carbocycles. The summed E-state index contributed by atoms with van der Waals surface area (Å²) in [6.45, 7) is 12.4. The first kappa shape index (κ1) is 33.0. The maximum absolute atomic E-state index is 13.7. The van der Waals surface area contributed by atoms with Crippen molar-refractivity contribution in [3.63, 3.8) is 0 Å². The quantitative estimate of drug-likeness (QED) is 0.254. The standard InChI is InChI=1S/C28H40N4O4S2.ClH/c1-8-36-24-10-9-11-25-26(24)29-28(37-25)32(17-16-30(6)7)27(33)22-12-14-23(15-13-22)38(34,35)31(18-20(2)3)19-21(4)5;/h9-15,20-21H,8,16-19H2,1-7H3;1H. The van der Waals surface area contributed by atoms with E-state index in [-0.39, 0.29) is 35.0 Å². The molecule has 0 atom stereocenters. The third-order valence-electron chi connectivity index (χ3n) is 5.79. The van der Waals surface area contributed by atoms with Gasteiger partial charge in [0.2, 0.25) is 10.0 Å². The van der Waals surface area contributed by atoms with Crippen molar-refractivity contribution in [1.82, 2.24) is 14.2 Å². The van der Waals surface area contributed by atoms with Crippen molar-refractivity contribution in [2.45, 2.75) is 39.5 Å². The summed E-state index contributed by atoms with van der Waals surface area (Å²) in [6.07, 6.45) is 0. The molecule has 3 rings (SSSR count). The van der Waals surface area contributed by atoms with Crippen LogP contribution in [0.1, 0.15) is 45.0 Å². The van der Waals surface area contributed by atoms with Crippen LogP contribution in [0.25, 0.3) is 10.2 Å². The molecule has 1 aromatic heterocycles. The fraction of sp³-hybridized carbons (Fsp3) is 0.500. The maximum Gasteiger partial charge on any atom is 0.260 e. The zero-order chi connectivity index (χ0) is 28.0. The van der Waals surface area contributed by atoms with Crippen LogP contribution in [0.2, 0.25) is 0 Å². The van der Waals surface area contributed by atoms with E-state index in [9.17, 15) is 13.2 Å². The number of likely N-dealkylation sites (N-methyl/N-ethyl adjacent to an activating group) is 1. The molecule has 11 heteroatoms. The maximum atomic E-state index is 13.7. The Morgan fingerprint density at radius 1 is 0.974 bits per heavy atom. The summed E-state index contributed by atoms with van der Waals surface area (Å²) in [5.74, 6) is 0.863. The Morgan fingerprint density at radius 3 is 2.13 bits per heavy atom. The number of carbonyl (C=O) groups is 1. The van der Waals surface area contributed by atoms with Gasteiger partial charge in [0.05, 0.1) is 16.2 Å². The molecule has 0 bridgehead atoms. The van der Waals surface area contributed by atoms with Gasteiger partial charge < -0.3 is 9.64 Å². The van der Waals surface area contributed by atoms with E-state index < -0.39 is 10.0 Å². The molecular formula is C28H41ClN4O4S2. The molecule has 216 valence electrons. The zero-order valence-electron chi connectivity index (χ0n) is 23.9. The highest BCUT2D eigenvalue weighted by atomic mass is 35.5. The average Bonchev–Trinajstić information content (AvgIpc) is 3.28. The fourth-order valence-corrected chi connectivity index (χ4v) is 6.82. The number of para-hydroxylation sites is 1. The third kappa shape index (κ3) is 8.38. The van der Waals surface area contributed by atoms with E-state index in [0.717, 1.165) is 10.2 Å². The van der Waals surface area contributed by atoms with E-state index >= 15 is 0 Å². The monoisotopic (exact) mass is 596 g/mol. The zero-order valence-corrected chi connectivity index (χ0v) is 26.3. The number of aromatic nitrogens is 1. The van der Waals surface area contributed by atoms with Crippen LogP contribution in [0.4, 0.5) is 5.13 Å². The van der Waals surface area contributed by atoms with Crippen molar-refractivity contribution < 1.29 is 17.9 Å². The van der Waals surface area contributed by atoms with Crippen LogP contribution < -0.4 is 9.64 Å². The molecule has 39 heavy (non-hydrogen) atoms. The number of rotatable bonds is 13. The molecule has 0 spiro atoms. The van der Waals surface area contributed by atoms with Gasteiger partial charge in [0.1, 0.15) is 11.3 Å². The normalized spacial score (nSPS) is 12.0. The van der Waals surface area contributed by atoms with Gasteiger partial charge in [-0.25, -0.2) is 13.4 Å². The van der Waals surface area contributed by atoms with E-state index in [1.54, 1.807) is 21.3 Å². The van der Waals surface area contributed by atoms with Crippen LogP contribution in [-0.4, -0.2) is 75.4 Å². The summed E-state index contributed by atoms with van der Waals surface area (Å²) < 4.78 is 35.0. The molecule has 1 heterocycles. The molecule has 0 fully saturated rings. The molecule has 2 aromatic carbocycles. The Labute approximate surface area is 243 Å². The molecule has 0 aliphatic heterocycles. The number of halogens is 1. The van der Waals surface area contributed by atoms with E-state index in [0.29, 0.717) is 49.2 Å². The highest BCUT2D eigenvalue weighted by Gasteiger charge is 2.27. The van der Waals surface area contributed by atoms with Crippen molar-refractivity contribution in [2.24, 2.45) is 11.8 Å². The van der Waals surface area contributed by atoms with Gasteiger partial charge >= 0.3 is 0 Å². The van der Waals surface area contributed by atoms with Gasteiger partial charge in [0.15, 0.2) is 5.13 Å². The Hall–Kier alpha value is -2.24. The minimum absolute atomic E-state index is 0. The Balaban J connectivity index is 0.00000533. The van der Waals surface area contributed by atoms with Gasteiger partial charge in [0, 0.05) is 31.7 Å².